The maximum atomic E-state index is 12.6. The lowest BCUT2D eigenvalue weighted by Crippen LogP contribution is -2.09. The van der Waals surface area contributed by atoms with Crippen molar-refractivity contribution in [3.05, 3.63) is 102 Å². The summed E-state index contributed by atoms with van der Waals surface area (Å²) in [5, 5.41) is 2.94. The molecule has 1 amide bonds. The second kappa shape index (κ2) is 8.63. The Morgan fingerprint density at radius 1 is 0.879 bits per heavy atom. The van der Waals surface area contributed by atoms with Crippen LogP contribution in [-0.4, -0.2) is 10.9 Å². The molecular formula is C28H22N2O3. The lowest BCUT2D eigenvalue weighted by atomic mass is 10.1. The molecule has 5 heteroatoms. The van der Waals surface area contributed by atoms with Gasteiger partial charge in [-0.05, 0) is 67.4 Å². The zero-order valence-electron chi connectivity index (χ0n) is 18.3. The largest absolute Gasteiger partial charge is 0.457 e. The lowest BCUT2D eigenvalue weighted by Gasteiger charge is -2.07. The van der Waals surface area contributed by atoms with Crippen molar-refractivity contribution in [2.24, 2.45) is 0 Å². The van der Waals surface area contributed by atoms with Crippen molar-refractivity contribution >= 4 is 28.8 Å². The Labute approximate surface area is 191 Å². The third kappa shape index (κ3) is 4.48. The van der Waals surface area contributed by atoms with Crippen molar-refractivity contribution in [3.63, 3.8) is 0 Å². The van der Waals surface area contributed by atoms with E-state index in [1.165, 1.54) is 6.08 Å². The third-order valence-electron chi connectivity index (χ3n) is 5.37. The van der Waals surface area contributed by atoms with Gasteiger partial charge in [-0.25, -0.2) is 4.98 Å². The molecule has 0 bridgehead atoms. The molecular weight excluding hydrogens is 412 g/mol. The van der Waals surface area contributed by atoms with Crippen molar-refractivity contribution in [1.82, 2.24) is 4.98 Å². The molecule has 0 spiro atoms. The number of nitrogens with one attached hydrogen (secondary N) is 1. The number of rotatable bonds is 5. The van der Waals surface area contributed by atoms with E-state index < -0.39 is 0 Å². The van der Waals surface area contributed by atoms with Gasteiger partial charge in [0.2, 0.25) is 11.8 Å². The monoisotopic (exact) mass is 434 g/mol. The number of nitrogens with zero attached hydrogens (tertiary/aromatic N) is 1. The first kappa shape index (κ1) is 20.5. The molecule has 2 heterocycles. The normalized spacial score (nSPS) is 11.3. The zero-order chi connectivity index (χ0) is 22.8. The third-order valence-corrected chi connectivity index (χ3v) is 5.37. The van der Waals surface area contributed by atoms with E-state index in [1.54, 1.807) is 6.08 Å². The van der Waals surface area contributed by atoms with Gasteiger partial charge in [0.25, 0.3) is 0 Å². The molecule has 0 saturated heterocycles. The van der Waals surface area contributed by atoms with Crippen LogP contribution in [0, 0.1) is 13.8 Å². The number of anilines is 1. The van der Waals surface area contributed by atoms with Gasteiger partial charge in [-0.2, -0.15) is 0 Å². The number of amides is 1. The highest BCUT2D eigenvalue weighted by Crippen LogP contribution is 2.28. The molecule has 0 aliphatic carbocycles. The van der Waals surface area contributed by atoms with E-state index in [2.05, 4.69) is 10.3 Å². The van der Waals surface area contributed by atoms with Crippen LogP contribution in [-0.2, 0) is 4.79 Å². The number of hydrogen-bond donors (Lipinski definition) is 1. The van der Waals surface area contributed by atoms with Crippen LogP contribution in [0.15, 0.2) is 93.8 Å². The minimum absolute atomic E-state index is 0.249. The maximum absolute atomic E-state index is 12.6. The number of carbonyl (C=O) groups excluding carboxylic acids is 1. The van der Waals surface area contributed by atoms with Crippen molar-refractivity contribution in [2.45, 2.75) is 13.8 Å². The Morgan fingerprint density at radius 2 is 1.73 bits per heavy atom. The number of oxazole rings is 1. The fraction of sp³-hybridized carbons (Fsp3) is 0.0714. The summed E-state index contributed by atoms with van der Waals surface area (Å²) < 4.78 is 11.7. The molecule has 162 valence electrons. The first-order chi connectivity index (χ1) is 16.0. The average molecular weight is 434 g/mol. The van der Waals surface area contributed by atoms with Crippen LogP contribution in [0.4, 0.5) is 5.69 Å². The van der Waals surface area contributed by atoms with Crippen LogP contribution in [0.2, 0.25) is 0 Å². The molecule has 0 saturated carbocycles. The Hall–Kier alpha value is -4.38. The average Bonchev–Trinajstić information content (AvgIpc) is 3.47. The van der Waals surface area contributed by atoms with Crippen LogP contribution >= 0.6 is 0 Å². The highest BCUT2D eigenvalue weighted by molar-refractivity contribution is 6.02. The Bertz CT molecular complexity index is 1480. The Morgan fingerprint density at radius 3 is 2.58 bits per heavy atom. The van der Waals surface area contributed by atoms with E-state index >= 15 is 0 Å². The Balaban J connectivity index is 1.32. The fourth-order valence-electron chi connectivity index (χ4n) is 3.58. The molecule has 0 unspecified atom stereocenters. The molecule has 5 rings (SSSR count). The fourth-order valence-corrected chi connectivity index (χ4v) is 3.58. The minimum atomic E-state index is -0.249. The summed E-state index contributed by atoms with van der Waals surface area (Å²) in [6.45, 7) is 3.96. The predicted molar refractivity (Wildman–Crippen MR) is 131 cm³/mol. The summed E-state index contributed by atoms with van der Waals surface area (Å²) in [6, 6.07) is 25.2. The molecule has 33 heavy (non-hydrogen) atoms. The first-order valence-corrected chi connectivity index (χ1v) is 10.7. The number of furan rings is 1. The van der Waals surface area contributed by atoms with E-state index in [4.69, 9.17) is 8.83 Å². The molecule has 1 N–H and O–H groups in total. The van der Waals surface area contributed by atoms with Gasteiger partial charge in [0.15, 0.2) is 5.58 Å². The summed E-state index contributed by atoms with van der Waals surface area (Å²) in [5.74, 6) is 1.63. The highest BCUT2D eigenvalue weighted by Gasteiger charge is 2.11. The van der Waals surface area contributed by atoms with Gasteiger partial charge in [0.05, 0.1) is 0 Å². The van der Waals surface area contributed by atoms with Gasteiger partial charge in [-0.1, -0.05) is 42.5 Å². The van der Waals surface area contributed by atoms with Crippen LogP contribution in [0.1, 0.15) is 16.9 Å². The lowest BCUT2D eigenvalue weighted by molar-refractivity contribution is -0.111. The summed E-state index contributed by atoms with van der Waals surface area (Å²) >= 11 is 0. The topological polar surface area (TPSA) is 68.3 Å². The second-order valence-corrected chi connectivity index (χ2v) is 7.91. The summed E-state index contributed by atoms with van der Waals surface area (Å²) in [7, 11) is 0. The number of aryl methyl sites for hydroxylation is 2. The van der Waals surface area contributed by atoms with Gasteiger partial charge >= 0.3 is 0 Å². The molecule has 0 fully saturated rings. The molecule has 5 nitrogen and oxygen atoms in total. The van der Waals surface area contributed by atoms with Gasteiger partial charge < -0.3 is 14.2 Å². The van der Waals surface area contributed by atoms with E-state index in [-0.39, 0.29) is 5.91 Å². The van der Waals surface area contributed by atoms with Crippen molar-refractivity contribution in [1.29, 1.82) is 0 Å². The number of fused-ring (bicyclic) bond motifs is 1. The quantitative estimate of drug-likeness (QED) is 0.302. The van der Waals surface area contributed by atoms with Gasteiger partial charge in [-0.15, -0.1) is 0 Å². The molecule has 3 aromatic carbocycles. The predicted octanol–water partition coefficient (Wildman–Crippen LogP) is 7.02. The number of benzene rings is 3. The van der Waals surface area contributed by atoms with Crippen molar-refractivity contribution in [3.8, 4) is 22.8 Å². The van der Waals surface area contributed by atoms with Gasteiger partial charge in [0, 0.05) is 22.9 Å². The standard InChI is InChI=1S/C28H22N2O3/c1-18-8-13-26-24(16-18)30-28(33-26)21-10-9-19(2)23(17-21)29-27(31)15-12-22-11-14-25(32-22)20-6-4-3-5-7-20/h3-17H,1-2H3,(H,29,31). The summed E-state index contributed by atoms with van der Waals surface area (Å²) in [4.78, 5) is 17.2. The first-order valence-electron chi connectivity index (χ1n) is 10.7. The minimum Gasteiger partial charge on any atom is -0.457 e. The smallest absolute Gasteiger partial charge is 0.248 e. The van der Waals surface area contributed by atoms with Crippen molar-refractivity contribution in [2.75, 3.05) is 5.32 Å². The van der Waals surface area contributed by atoms with E-state index in [0.717, 1.165) is 39.1 Å². The second-order valence-electron chi connectivity index (χ2n) is 7.91. The molecule has 0 radical (unpaired) electrons. The number of carbonyl (C=O) groups is 1. The van der Waals surface area contributed by atoms with E-state index in [0.29, 0.717) is 17.3 Å². The van der Waals surface area contributed by atoms with Crippen LogP contribution in [0.3, 0.4) is 0 Å². The summed E-state index contributed by atoms with van der Waals surface area (Å²) in [6.07, 6.45) is 3.12. The highest BCUT2D eigenvalue weighted by atomic mass is 16.3. The summed E-state index contributed by atoms with van der Waals surface area (Å²) in [5.41, 5.74) is 6.10. The van der Waals surface area contributed by atoms with Gasteiger partial charge in [-0.3, -0.25) is 4.79 Å². The number of hydrogen-bond acceptors (Lipinski definition) is 4. The number of aromatic nitrogens is 1. The van der Waals surface area contributed by atoms with E-state index in [1.807, 2.05) is 92.7 Å². The van der Waals surface area contributed by atoms with Crippen LogP contribution in [0.5, 0.6) is 0 Å². The van der Waals surface area contributed by atoms with Crippen LogP contribution in [0.25, 0.3) is 40.0 Å². The molecule has 2 aromatic heterocycles. The van der Waals surface area contributed by atoms with E-state index in [9.17, 15) is 4.79 Å². The molecule has 0 aliphatic rings. The zero-order valence-corrected chi connectivity index (χ0v) is 18.3. The Kier molecular flexibility index (Phi) is 5.37. The molecule has 5 aromatic rings. The van der Waals surface area contributed by atoms with Gasteiger partial charge in [0.1, 0.15) is 17.0 Å². The van der Waals surface area contributed by atoms with Crippen LogP contribution < -0.4 is 5.32 Å². The molecule has 0 aliphatic heterocycles. The van der Waals surface area contributed by atoms with Crippen molar-refractivity contribution < 1.29 is 13.6 Å². The SMILES string of the molecule is Cc1ccc2oc(-c3ccc(C)c(NC(=O)C=Cc4ccc(-c5ccccc5)o4)c3)nc2c1. The maximum Gasteiger partial charge on any atom is 0.248 e. The molecule has 0 atom stereocenters.